The second-order valence-electron chi connectivity index (χ2n) is 4.64. The highest BCUT2D eigenvalue weighted by molar-refractivity contribution is 5.78. The second kappa shape index (κ2) is 4.42. The zero-order valence-corrected chi connectivity index (χ0v) is 10.1. The molecule has 0 radical (unpaired) electrons. The second-order valence-corrected chi connectivity index (χ2v) is 4.64. The minimum absolute atomic E-state index is 0.0232. The van der Waals surface area contributed by atoms with E-state index in [0.29, 0.717) is 6.54 Å². The quantitative estimate of drug-likeness (QED) is 0.787. The summed E-state index contributed by atoms with van der Waals surface area (Å²) in [6.45, 7) is 2.16. The van der Waals surface area contributed by atoms with Gasteiger partial charge in [-0.1, -0.05) is 12.1 Å². The van der Waals surface area contributed by atoms with E-state index in [4.69, 9.17) is 4.74 Å². The first-order valence-corrected chi connectivity index (χ1v) is 6.06. The topological polar surface area (TPSA) is 67.0 Å². The van der Waals surface area contributed by atoms with Gasteiger partial charge in [-0.05, 0) is 11.6 Å². The van der Waals surface area contributed by atoms with E-state index in [2.05, 4.69) is 33.7 Å². The average molecular weight is 245 g/mol. The molecule has 1 saturated heterocycles. The fourth-order valence-electron chi connectivity index (χ4n) is 2.45. The summed E-state index contributed by atoms with van der Waals surface area (Å²) in [5.41, 5.74) is 2.23. The van der Waals surface area contributed by atoms with E-state index < -0.39 is 0 Å². The molecule has 0 amide bonds. The number of benzene rings is 1. The Morgan fingerprint density at radius 2 is 2.39 bits per heavy atom. The van der Waals surface area contributed by atoms with E-state index in [9.17, 15) is 4.79 Å². The first kappa shape index (κ1) is 11.2. The van der Waals surface area contributed by atoms with Crippen LogP contribution in [0.25, 0.3) is 10.9 Å². The third-order valence-electron chi connectivity index (χ3n) is 3.29. The first-order chi connectivity index (χ1) is 8.72. The summed E-state index contributed by atoms with van der Waals surface area (Å²) in [6, 6.07) is 6.47. The fraction of sp³-hybridized carbons (Fsp3) is 0.385. The Morgan fingerprint density at radius 3 is 3.22 bits per heavy atom. The van der Waals surface area contributed by atoms with Crippen LogP contribution >= 0.6 is 0 Å². The van der Waals surface area contributed by atoms with Gasteiger partial charge >= 0.3 is 5.97 Å². The van der Waals surface area contributed by atoms with Crippen LogP contribution in [-0.2, 0) is 9.53 Å². The van der Waals surface area contributed by atoms with Crippen LogP contribution in [0.3, 0.4) is 0 Å². The molecule has 0 spiro atoms. The molecule has 5 nitrogen and oxygen atoms in total. The van der Waals surface area contributed by atoms with Crippen LogP contribution < -0.4 is 5.32 Å². The lowest BCUT2D eigenvalue weighted by Gasteiger charge is -2.11. The number of nitrogens with zero attached hydrogens (tertiary/aromatic N) is 1. The maximum Gasteiger partial charge on any atom is 0.302 e. The molecule has 2 atom stereocenters. The van der Waals surface area contributed by atoms with Gasteiger partial charge in [-0.2, -0.15) is 5.10 Å². The van der Waals surface area contributed by atoms with Crippen LogP contribution in [0.1, 0.15) is 24.9 Å². The van der Waals surface area contributed by atoms with Gasteiger partial charge in [-0.25, -0.2) is 0 Å². The highest BCUT2D eigenvalue weighted by atomic mass is 16.5. The van der Waals surface area contributed by atoms with Crippen LogP contribution in [0.2, 0.25) is 0 Å². The molecule has 1 fully saturated rings. The van der Waals surface area contributed by atoms with Gasteiger partial charge in [0.05, 0.1) is 11.7 Å². The molecular weight excluding hydrogens is 230 g/mol. The molecule has 2 N–H and O–H groups in total. The van der Waals surface area contributed by atoms with Crippen molar-refractivity contribution in [2.75, 3.05) is 6.54 Å². The van der Waals surface area contributed by atoms with Gasteiger partial charge in [-0.15, -0.1) is 0 Å². The summed E-state index contributed by atoms with van der Waals surface area (Å²) in [4.78, 5) is 10.9. The lowest BCUT2D eigenvalue weighted by molar-refractivity contribution is -0.145. The van der Waals surface area contributed by atoms with E-state index in [0.717, 1.165) is 17.3 Å². The molecule has 18 heavy (non-hydrogen) atoms. The Morgan fingerprint density at radius 1 is 1.50 bits per heavy atom. The maximum absolute atomic E-state index is 10.9. The van der Waals surface area contributed by atoms with Crippen molar-refractivity contribution in [1.82, 2.24) is 15.5 Å². The number of fused-ring (bicyclic) bond motifs is 1. The van der Waals surface area contributed by atoms with Gasteiger partial charge in [0, 0.05) is 31.3 Å². The van der Waals surface area contributed by atoms with E-state index in [1.54, 1.807) is 0 Å². The largest absolute Gasteiger partial charge is 0.461 e. The first-order valence-electron chi connectivity index (χ1n) is 6.06. The molecule has 3 rings (SSSR count). The summed E-state index contributed by atoms with van der Waals surface area (Å²) in [5, 5.41) is 11.5. The van der Waals surface area contributed by atoms with Crippen LogP contribution in [0.4, 0.5) is 0 Å². The number of nitrogens with one attached hydrogen (secondary N) is 2. The number of hydrogen-bond donors (Lipinski definition) is 2. The van der Waals surface area contributed by atoms with Crippen molar-refractivity contribution in [3.8, 4) is 0 Å². The highest BCUT2D eigenvalue weighted by Gasteiger charge is 2.27. The van der Waals surface area contributed by atoms with Crippen molar-refractivity contribution in [3.05, 3.63) is 30.0 Å². The van der Waals surface area contributed by atoms with Gasteiger partial charge in [-0.3, -0.25) is 9.89 Å². The summed E-state index contributed by atoms with van der Waals surface area (Å²) in [7, 11) is 0. The van der Waals surface area contributed by atoms with Crippen molar-refractivity contribution >= 4 is 16.9 Å². The minimum Gasteiger partial charge on any atom is -0.461 e. The van der Waals surface area contributed by atoms with Crippen molar-refractivity contribution in [3.63, 3.8) is 0 Å². The summed E-state index contributed by atoms with van der Waals surface area (Å²) in [5.74, 6) is -0.216. The van der Waals surface area contributed by atoms with E-state index in [-0.39, 0.29) is 18.1 Å². The molecular formula is C13H15N3O2. The molecule has 1 aliphatic rings. The molecule has 2 heterocycles. The van der Waals surface area contributed by atoms with E-state index in [1.165, 1.54) is 12.5 Å². The van der Waals surface area contributed by atoms with Crippen molar-refractivity contribution in [1.29, 1.82) is 0 Å². The molecule has 0 saturated carbocycles. The number of esters is 1. The van der Waals surface area contributed by atoms with Crippen LogP contribution in [0.5, 0.6) is 0 Å². The van der Waals surface area contributed by atoms with E-state index in [1.807, 2.05) is 6.20 Å². The third-order valence-corrected chi connectivity index (χ3v) is 3.29. The van der Waals surface area contributed by atoms with Gasteiger partial charge in [0.15, 0.2) is 0 Å². The Kier molecular flexibility index (Phi) is 2.76. The van der Waals surface area contributed by atoms with Crippen LogP contribution in [0.15, 0.2) is 24.4 Å². The average Bonchev–Trinajstić information content (AvgIpc) is 2.95. The lowest BCUT2D eigenvalue weighted by atomic mass is 10.0. The number of rotatable bonds is 2. The molecule has 0 bridgehead atoms. The number of H-pyrrole nitrogens is 1. The van der Waals surface area contributed by atoms with Crippen LogP contribution in [-0.4, -0.2) is 28.8 Å². The van der Waals surface area contributed by atoms with Crippen molar-refractivity contribution < 1.29 is 9.53 Å². The van der Waals surface area contributed by atoms with Gasteiger partial charge in [0.2, 0.25) is 0 Å². The highest BCUT2D eigenvalue weighted by Crippen LogP contribution is 2.27. The summed E-state index contributed by atoms with van der Waals surface area (Å²) < 4.78 is 5.21. The standard InChI is InChI=1S/C13H15N3O2/c1-8(17)18-11-5-12(14-7-11)9-2-3-10-6-15-16-13(10)4-9/h2-4,6,11-12,14H,5,7H2,1H3,(H,15,16)/t11?,12-/m1/s1. The molecule has 0 aliphatic carbocycles. The number of ether oxygens (including phenoxy) is 1. The zero-order valence-electron chi connectivity index (χ0n) is 10.1. The van der Waals surface area contributed by atoms with Crippen molar-refractivity contribution in [2.24, 2.45) is 0 Å². The third kappa shape index (κ3) is 2.09. The van der Waals surface area contributed by atoms with Gasteiger partial charge < -0.3 is 10.1 Å². The molecule has 1 aromatic carbocycles. The van der Waals surface area contributed by atoms with Gasteiger partial charge in [0.1, 0.15) is 6.10 Å². The maximum atomic E-state index is 10.9. The Bertz CT molecular complexity index is 578. The number of aromatic amines is 1. The number of carbonyl (C=O) groups is 1. The molecule has 1 aliphatic heterocycles. The molecule has 1 unspecified atom stereocenters. The van der Waals surface area contributed by atoms with Gasteiger partial charge in [0.25, 0.3) is 0 Å². The van der Waals surface area contributed by atoms with Crippen LogP contribution in [0, 0.1) is 0 Å². The lowest BCUT2D eigenvalue weighted by Crippen LogP contribution is -2.19. The summed E-state index contributed by atoms with van der Waals surface area (Å²) in [6.07, 6.45) is 2.60. The SMILES string of the molecule is CC(=O)OC1CN[C@@H](c2ccc3cn[nH]c3c2)C1. The Hall–Kier alpha value is -1.88. The van der Waals surface area contributed by atoms with E-state index >= 15 is 0 Å². The predicted octanol–water partition coefficient (Wildman–Crippen LogP) is 1.53. The monoisotopic (exact) mass is 245 g/mol. The smallest absolute Gasteiger partial charge is 0.302 e. The Labute approximate surface area is 105 Å². The normalized spacial score (nSPS) is 23.4. The molecule has 2 aromatic rings. The summed E-state index contributed by atoms with van der Waals surface area (Å²) >= 11 is 0. The zero-order chi connectivity index (χ0) is 12.5. The predicted molar refractivity (Wildman–Crippen MR) is 67.0 cm³/mol. The fourth-order valence-corrected chi connectivity index (χ4v) is 2.45. The minimum atomic E-state index is -0.216. The molecule has 5 heteroatoms. The Balaban J connectivity index is 1.77. The number of hydrogen-bond acceptors (Lipinski definition) is 4. The van der Waals surface area contributed by atoms with Crippen molar-refractivity contribution in [2.45, 2.75) is 25.5 Å². The molecule has 94 valence electrons. The molecule has 1 aromatic heterocycles. The number of aromatic nitrogens is 2. The number of carbonyl (C=O) groups excluding carboxylic acids is 1.